The predicted molar refractivity (Wildman–Crippen MR) is 380 cm³/mol. The van der Waals surface area contributed by atoms with Crippen molar-refractivity contribution in [3.05, 3.63) is 119 Å². The van der Waals surface area contributed by atoms with Crippen molar-refractivity contribution < 1.29 is 102 Å². The Bertz CT molecular complexity index is 4280. The van der Waals surface area contributed by atoms with E-state index in [2.05, 4.69) is 34.8 Å². The van der Waals surface area contributed by atoms with E-state index in [1.54, 1.807) is 31.5 Å². The number of aliphatic hydroxyl groups excluding tert-OH is 3. The minimum atomic E-state index is -1.96. The molecule has 7 aliphatic rings. The Balaban J connectivity index is 0.672. The number of carboxylic acids is 2. The summed E-state index contributed by atoms with van der Waals surface area (Å²) < 4.78 is 50.2. The summed E-state index contributed by atoms with van der Waals surface area (Å²) in [6, 6.07) is 19.1. The number of methoxy groups -OCH3 is 2. The number of para-hydroxylation sites is 1. The van der Waals surface area contributed by atoms with Crippen molar-refractivity contribution in [1.29, 1.82) is 0 Å². The van der Waals surface area contributed by atoms with Crippen molar-refractivity contribution in [2.75, 3.05) is 96.7 Å². The lowest BCUT2D eigenvalue weighted by atomic mass is 9.39. The number of rotatable bonds is 33. The number of aliphatic hydroxyl groups is 3. The van der Waals surface area contributed by atoms with Gasteiger partial charge in [-0.1, -0.05) is 37.3 Å². The SMILES string of the molecule is COCCN(CCOC12CC3(C)CC(C)(CC(Cn4ncc(-c5ccc(N6CCc7c(OC)ccc(C(=O)Nc8nc9ccccc9s8)c7C6)nc5C(=O)O)c4C)(C3)C1)C2)C(=O)OCc1ccc(O[C@@H]2O[C@H](C(=O)O)[C@@H](O)[C@H](O)[C@H]2O)cc1OCCOCCNC(=O)CCNC(=O)CCN1C(=O)C=CC1=O. The fourth-order valence-corrected chi connectivity index (χ4v) is 17.7. The number of fused-ring (bicyclic) bond motifs is 2. The van der Waals surface area contributed by atoms with Gasteiger partial charge in [0.1, 0.15) is 54.6 Å². The summed E-state index contributed by atoms with van der Waals surface area (Å²) in [4.78, 5) is 115. The summed E-state index contributed by atoms with van der Waals surface area (Å²) >= 11 is 1.39. The van der Waals surface area contributed by atoms with Crippen LogP contribution in [0.15, 0.2) is 85.1 Å². The van der Waals surface area contributed by atoms with Gasteiger partial charge in [0.25, 0.3) is 17.7 Å². The minimum Gasteiger partial charge on any atom is -0.496 e. The molecule has 4 aliphatic carbocycles. The molecule has 3 aromatic heterocycles. The number of nitrogens with zero attached hydrogens (tertiary/aromatic N) is 7. The zero-order valence-corrected chi connectivity index (χ0v) is 60.4. The number of aliphatic carboxylic acids is 1. The van der Waals surface area contributed by atoms with Gasteiger partial charge in [-0.05, 0) is 122 Å². The second-order valence-corrected chi connectivity index (χ2v) is 29.8. The molecule has 31 nitrogen and oxygen atoms in total. The van der Waals surface area contributed by atoms with Gasteiger partial charge in [-0.25, -0.2) is 24.4 Å². The third-order valence-electron chi connectivity index (χ3n) is 20.5. The van der Waals surface area contributed by atoms with Crippen LogP contribution in [-0.4, -0.2) is 225 Å². The zero-order chi connectivity index (χ0) is 75.2. The Kier molecular flexibility index (Phi) is 23.1. The fourth-order valence-electron chi connectivity index (χ4n) is 16.9. The molecule has 2 unspecified atom stereocenters. The summed E-state index contributed by atoms with van der Waals surface area (Å²) in [5.41, 5.74) is 4.01. The third kappa shape index (κ3) is 17.1. The standard InChI is InChI=1S/C74H88N10O21S/c1-43-49(47-13-15-55(79-60(47)66(93)94)82-23-19-46-50(34-82)48(12-14-52(46)99-5)65(92)80-69-78-51-8-6-7-9-54(51)106-69)33-77-84(43)42-73-37-71(2)36-72(3,38-73)40-74(39-71,41-73)103-29-26-81(25-28-98-4)70(97)102-35-44-10-11-45(104-68-63(91)61(89)62(90)64(105-68)67(95)96)32-53(44)101-31-30-100-27-22-76-56(85)18-21-75-57(86)20-24-83-58(87)16-17-59(83)88/h6-17,32-33,61-64,68,89-91H,18-31,34-42H2,1-5H3,(H,75,86)(H,76,85)(H,93,94)(H,95,96)(H,78,80,92)/t61-,62-,63+,64-,68+,71?,72?,73?,74?/m0/s1. The molecule has 4 saturated carbocycles. The maximum atomic E-state index is 14.2. The molecule has 0 radical (unpaired) electrons. The van der Waals surface area contributed by atoms with E-state index in [-0.39, 0.29) is 137 Å². The molecule has 6 aromatic rings. The molecule has 3 aromatic carbocycles. The second-order valence-electron chi connectivity index (χ2n) is 28.7. The first-order valence-electron chi connectivity index (χ1n) is 35.2. The molecule has 32 heteroatoms. The van der Waals surface area contributed by atoms with Gasteiger partial charge in [-0.2, -0.15) is 5.10 Å². The van der Waals surface area contributed by atoms with Gasteiger partial charge in [0, 0.05) is 124 Å². The molecule has 6 amide bonds. The highest BCUT2D eigenvalue weighted by Crippen LogP contribution is 2.72. The summed E-state index contributed by atoms with van der Waals surface area (Å²) in [5.74, 6) is -3.73. The molecule has 106 heavy (non-hydrogen) atoms. The number of aromatic nitrogens is 4. The number of imide groups is 1. The Morgan fingerprint density at radius 2 is 1.51 bits per heavy atom. The van der Waals surface area contributed by atoms with Crippen LogP contribution < -0.4 is 35.1 Å². The van der Waals surface area contributed by atoms with Gasteiger partial charge in [0.05, 0.1) is 55.6 Å². The van der Waals surface area contributed by atoms with Crippen molar-refractivity contribution in [2.45, 2.75) is 135 Å². The largest absolute Gasteiger partial charge is 0.496 e. The Labute approximate surface area is 614 Å². The van der Waals surface area contributed by atoms with Gasteiger partial charge in [0.15, 0.2) is 16.9 Å². The number of anilines is 2. The van der Waals surface area contributed by atoms with Gasteiger partial charge < -0.3 is 83.9 Å². The van der Waals surface area contributed by atoms with Crippen molar-refractivity contribution in [1.82, 2.24) is 40.2 Å². The van der Waals surface area contributed by atoms with Crippen LogP contribution in [0.25, 0.3) is 21.3 Å². The monoisotopic (exact) mass is 1480 g/mol. The number of benzene rings is 3. The minimum absolute atomic E-state index is 0.00391. The first-order valence-corrected chi connectivity index (χ1v) is 36.0. The molecule has 4 bridgehead atoms. The number of aromatic carboxylic acids is 1. The van der Waals surface area contributed by atoms with E-state index in [1.807, 2.05) is 46.8 Å². The lowest BCUT2D eigenvalue weighted by molar-refractivity contribution is -0.271. The molecule has 1 saturated heterocycles. The number of carbonyl (C=O) groups excluding carboxylic acids is 6. The number of amides is 6. The second kappa shape index (κ2) is 32.2. The first-order chi connectivity index (χ1) is 50.8. The maximum Gasteiger partial charge on any atom is 0.410 e. The lowest BCUT2D eigenvalue weighted by Gasteiger charge is -2.69. The van der Waals surface area contributed by atoms with Crippen LogP contribution in [0.2, 0.25) is 0 Å². The molecular weight excluding hydrogens is 1400 g/mol. The van der Waals surface area contributed by atoms with Crippen LogP contribution in [0.3, 0.4) is 0 Å². The number of nitrogens with one attached hydrogen (secondary N) is 3. The van der Waals surface area contributed by atoms with E-state index in [0.29, 0.717) is 58.5 Å². The molecule has 3 aliphatic heterocycles. The number of hydrogen-bond donors (Lipinski definition) is 8. The highest BCUT2D eigenvalue weighted by Gasteiger charge is 2.66. The first kappa shape index (κ1) is 76.0. The topological polar surface area (TPSA) is 401 Å². The highest BCUT2D eigenvalue weighted by atomic mass is 32.1. The summed E-state index contributed by atoms with van der Waals surface area (Å²) in [5, 5.41) is 65.7. The number of carbonyl (C=O) groups is 8. The van der Waals surface area contributed by atoms with Crippen molar-refractivity contribution in [2.24, 2.45) is 16.2 Å². The summed E-state index contributed by atoms with van der Waals surface area (Å²) in [6.07, 6.45) is -0.574. The van der Waals surface area contributed by atoms with Crippen LogP contribution >= 0.6 is 11.3 Å². The van der Waals surface area contributed by atoms with Gasteiger partial charge in [-0.15, -0.1) is 0 Å². The van der Waals surface area contributed by atoms with E-state index in [9.17, 15) is 63.9 Å². The van der Waals surface area contributed by atoms with Gasteiger partial charge in [0.2, 0.25) is 18.1 Å². The highest BCUT2D eigenvalue weighted by molar-refractivity contribution is 7.22. The quantitative estimate of drug-likeness (QED) is 0.0188. The third-order valence-corrected chi connectivity index (χ3v) is 21.5. The van der Waals surface area contributed by atoms with Crippen molar-refractivity contribution in [3.8, 4) is 28.4 Å². The van der Waals surface area contributed by atoms with Crippen molar-refractivity contribution >= 4 is 80.1 Å². The van der Waals surface area contributed by atoms with Crippen LogP contribution in [-0.2, 0) is 73.8 Å². The van der Waals surface area contributed by atoms with E-state index >= 15 is 0 Å². The lowest BCUT2D eigenvalue weighted by Crippen LogP contribution is -2.64. The van der Waals surface area contributed by atoms with E-state index in [4.69, 9.17) is 48.0 Å². The molecule has 566 valence electrons. The maximum absolute atomic E-state index is 14.2. The van der Waals surface area contributed by atoms with Crippen LogP contribution in [0.5, 0.6) is 17.2 Å². The Morgan fingerprint density at radius 3 is 2.25 bits per heavy atom. The average molecular weight is 1490 g/mol. The number of carboxylic acid groups (broad SMARTS) is 2. The molecular formula is C74H88N10O21S. The van der Waals surface area contributed by atoms with Crippen LogP contribution in [0.4, 0.5) is 15.7 Å². The fraction of sp³-hybridized carbons (Fsp3) is 0.500. The Hall–Kier alpha value is -9.67. The van der Waals surface area contributed by atoms with Crippen LogP contribution in [0.1, 0.15) is 108 Å². The number of ether oxygens (including phenoxy) is 8. The molecule has 6 heterocycles. The predicted octanol–water partition coefficient (Wildman–Crippen LogP) is 5.41. The molecule has 8 N–H and O–H groups in total. The normalized spacial score (nSPS) is 24.2. The molecule has 5 fully saturated rings. The van der Waals surface area contributed by atoms with E-state index in [1.165, 1.54) is 41.5 Å². The molecule has 7 atom stereocenters. The number of thiazole rings is 1. The summed E-state index contributed by atoms with van der Waals surface area (Å²) in [6.45, 7) is 8.27. The summed E-state index contributed by atoms with van der Waals surface area (Å²) in [7, 11) is 3.12. The van der Waals surface area contributed by atoms with E-state index in [0.717, 1.165) is 82.6 Å². The average Bonchev–Trinajstić information content (AvgIpc) is 1.07. The smallest absolute Gasteiger partial charge is 0.410 e. The van der Waals surface area contributed by atoms with Gasteiger partial charge >= 0.3 is 18.0 Å². The van der Waals surface area contributed by atoms with Gasteiger partial charge in [-0.3, -0.25) is 38.9 Å². The number of hydrogen-bond acceptors (Lipinski definition) is 24. The zero-order valence-electron chi connectivity index (χ0n) is 59.5. The van der Waals surface area contributed by atoms with Crippen molar-refractivity contribution in [3.63, 3.8) is 0 Å². The number of pyridine rings is 1. The molecule has 13 rings (SSSR count). The molecule has 0 spiro atoms. The Morgan fingerprint density at radius 1 is 0.764 bits per heavy atom. The van der Waals surface area contributed by atoms with Crippen LogP contribution in [0, 0.1) is 23.2 Å². The van der Waals surface area contributed by atoms with E-state index < -0.39 is 72.1 Å².